The fourth-order valence-corrected chi connectivity index (χ4v) is 3.97. The number of hydrogen-bond acceptors (Lipinski definition) is 4. The first-order valence-electron chi connectivity index (χ1n) is 9.84. The molecule has 1 aliphatic rings. The molecule has 9 heteroatoms. The molecule has 5 rings (SSSR count). The Kier molecular flexibility index (Phi) is 4.67. The van der Waals surface area contributed by atoms with Crippen LogP contribution in [0.2, 0.25) is 0 Å². The van der Waals surface area contributed by atoms with Crippen molar-refractivity contribution < 1.29 is 18.3 Å². The Morgan fingerprint density at radius 1 is 1.19 bits per heavy atom. The fourth-order valence-electron chi connectivity index (χ4n) is 3.97. The molecule has 31 heavy (non-hydrogen) atoms. The van der Waals surface area contributed by atoms with Crippen LogP contribution in [-0.4, -0.2) is 33.6 Å². The van der Waals surface area contributed by atoms with Gasteiger partial charge in [0.25, 0.3) is 5.91 Å². The number of hydrogen-bond donors (Lipinski definition) is 3. The standard InChI is InChI=1S/C22H19F2N5O2/c23-14-3-6-18(17(24)9-14)31-15-4-1-12(2-5-15)19-20(21(25)30)29-22(28-19)16(11-27-29)13-7-8-26-10-13/h1-6,9,11,13,26,28H,7-8,10H2,(H2,25,30). The Balaban J connectivity index is 1.49. The highest BCUT2D eigenvalue weighted by molar-refractivity contribution is 5.98. The lowest BCUT2D eigenvalue weighted by molar-refractivity contribution is 0.0994. The number of nitrogens with one attached hydrogen (secondary N) is 2. The number of aromatic amines is 1. The van der Waals surface area contributed by atoms with E-state index in [1.165, 1.54) is 6.07 Å². The molecular weight excluding hydrogens is 404 g/mol. The van der Waals surface area contributed by atoms with E-state index in [2.05, 4.69) is 15.4 Å². The van der Waals surface area contributed by atoms with Crippen molar-refractivity contribution in [3.05, 3.63) is 71.6 Å². The summed E-state index contributed by atoms with van der Waals surface area (Å²) in [7, 11) is 0. The van der Waals surface area contributed by atoms with Gasteiger partial charge in [-0.3, -0.25) is 4.79 Å². The molecule has 4 aromatic rings. The Hall–Kier alpha value is -3.72. The molecule has 0 bridgehead atoms. The van der Waals surface area contributed by atoms with Gasteiger partial charge >= 0.3 is 0 Å². The van der Waals surface area contributed by atoms with Crippen molar-refractivity contribution >= 4 is 11.6 Å². The van der Waals surface area contributed by atoms with Gasteiger partial charge in [0.2, 0.25) is 0 Å². The molecule has 3 heterocycles. The highest BCUT2D eigenvalue weighted by atomic mass is 19.1. The summed E-state index contributed by atoms with van der Waals surface area (Å²) in [6, 6.07) is 9.83. The third-order valence-corrected chi connectivity index (χ3v) is 5.49. The quantitative estimate of drug-likeness (QED) is 0.457. The zero-order chi connectivity index (χ0) is 21.5. The molecule has 0 aliphatic carbocycles. The molecule has 0 saturated carbocycles. The van der Waals surface area contributed by atoms with Crippen molar-refractivity contribution in [2.24, 2.45) is 5.73 Å². The van der Waals surface area contributed by atoms with Crippen LogP contribution in [0.1, 0.15) is 28.4 Å². The van der Waals surface area contributed by atoms with E-state index in [0.29, 0.717) is 22.9 Å². The molecule has 1 amide bonds. The summed E-state index contributed by atoms with van der Waals surface area (Å²) >= 11 is 0. The summed E-state index contributed by atoms with van der Waals surface area (Å²) in [5.41, 5.74) is 8.93. The van der Waals surface area contributed by atoms with Gasteiger partial charge in [0.1, 0.15) is 17.2 Å². The average molecular weight is 423 g/mol. The number of H-pyrrole nitrogens is 1. The van der Waals surface area contributed by atoms with Crippen molar-refractivity contribution in [3.8, 4) is 22.8 Å². The number of halogens is 2. The SMILES string of the molecule is NC(=O)c1c(-c2ccc(Oc3ccc(F)cc3F)cc2)[nH]c2c(C3CCNC3)cnn12. The van der Waals surface area contributed by atoms with Gasteiger partial charge in [-0.05, 0) is 49.4 Å². The van der Waals surface area contributed by atoms with Crippen LogP contribution in [0.15, 0.2) is 48.7 Å². The molecule has 2 aromatic heterocycles. The smallest absolute Gasteiger partial charge is 0.269 e. The first kappa shape index (κ1) is 19.3. The lowest BCUT2D eigenvalue weighted by atomic mass is 10.0. The Bertz CT molecular complexity index is 1270. The second-order valence-electron chi connectivity index (χ2n) is 7.46. The maximum absolute atomic E-state index is 13.8. The largest absolute Gasteiger partial charge is 0.454 e. The van der Waals surface area contributed by atoms with Crippen molar-refractivity contribution in [2.75, 3.05) is 13.1 Å². The number of aromatic nitrogens is 3. The number of ether oxygens (including phenoxy) is 1. The van der Waals surface area contributed by atoms with Crippen LogP contribution < -0.4 is 15.8 Å². The second-order valence-corrected chi connectivity index (χ2v) is 7.46. The topological polar surface area (TPSA) is 97.4 Å². The van der Waals surface area contributed by atoms with E-state index in [1.807, 2.05) is 0 Å². The number of imidazole rings is 1. The number of rotatable bonds is 5. The minimum Gasteiger partial charge on any atom is -0.454 e. The summed E-state index contributed by atoms with van der Waals surface area (Å²) in [4.78, 5) is 15.5. The molecular formula is C22H19F2N5O2. The Labute approximate surface area is 175 Å². The van der Waals surface area contributed by atoms with E-state index >= 15 is 0 Å². The van der Waals surface area contributed by atoms with E-state index in [0.717, 1.165) is 42.9 Å². The molecule has 2 aromatic carbocycles. The Morgan fingerprint density at radius 2 is 2.00 bits per heavy atom. The van der Waals surface area contributed by atoms with Gasteiger partial charge in [-0.2, -0.15) is 5.10 Å². The third-order valence-electron chi connectivity index (χ3n) is 5.49. The van der Waals surface area contributed by atoms with Crippen molar-refractivity contribution in [1.29, 1.82) is 0 Å². The molecule has 1 aliphatic heterocycles. The van der Waals surface area contributed by atoms with Crippen LogP contribution in [0.3, 0.4) is 0 Å². The van der Waals surface area contributed by atoms with E-state index in [1.54, 1.807) is 35.0 Å². The summed E-state index contributed by atoms with van der Waals surface area (Å²) in [6.45, 7) is 1.79. The van der Waals surface area contributed by atoms with E-state index in [4.69, 9.17) is 10.5 Å². The summed E-state index contributed by atoms with van der Waals surface area (Å²) in [5, 5.41) is 7.71. The number of carbonyl (C=O) groups excluding carboxylic acids is 1. The highest BCUT2D eigenvalue weighted by Gasteiger charge is 2.26. The zero-order valence-corrected chi connectivity index (χ0v) is 16.4. The number of amides is 1. The molecule has 0 spiro atoms. The first-order chi connectivity index (χ1) is 15.0. The van der Waals surface area contributed by atoms with Gasteiger partial charge in [-0.1, -0.05) is 0 Å². The van der Waals surface area contributed by atoms with Crippen molar-refractivity contribution in [3.63, 3.8) is 0 Å². The van der Waals surface area contributed by atoms with Crippen molar-refractivity contribution in [2.45, 2.75) is 12.3 Å². The predicted molar refractivity (Wildman–Crippen MR) is 110 cm³/mol. The monoisotopic (exact) mass is 423 g/mol. The molecule has 7 nitrogen and oxygen atoms in total. The van der Waals surface area contributed by atoms with Crippen molar-refractivity contribution in [1.82, 2.24) is 19.9 Å². The molecule has 1 atom stereocenters. The molecule has 158 valence electrons. The van der Waals surface area contributed by atoms with Gasteiger partial charge in [-0.15, -0.1) is 0 Å². The zero-order valence-electron chi connectivity index (χ0n) is 16.4. The summed E-state index contributed by atoms with van der Waals surface area (Å²) in [6.07, 6.45) is 2.77. The second kappa shape index (κ2) is 7.51. The van der Waals surface area contributed by atoms with Gasteiger partial charge in [0.05, 0.1) is 11.9 Å². The lowest BCUT2D eigenvalue weighted by Gasteiger charge is -2.08. The van der Waals surface area contributed by atoms with Gasteiger partial charge in [-0.25, -0.2) is 13.3 Å². The van der Waals surface area contributed by atoms with Gasteiger partial charge in [0.15, 0.2) is 17.3 Å². The van der Waals surface area contributed by atoms with Crippen LogP contribution in [-0.2, 0) is 0 Å². The third kappa shape index (κ3) is 3.42. The van der Waals surface area contributed by atoms with Gasteiger partial charge < -0.3 is 20.8 Å². The maximum Gasteiger partial charge on any atom is 0.269 e. The molecule has 1 unspecified atom stereocenters. The molecule has 1 saturated heterocycles. The molecule has 4 N–H and O–H groups in total. The van der Waals surface area contributed by atoms with E-state index < -0.39 is 17.5 Å². The predicted octanol–water partition coefficient (Wildman–Crippen LogP) is 3.58. The first-order valence-corrected chi connectivity index (χ1v) is 9.84. The van der Waals surface area contributed by atoms with E-state index in [-0.39, 0.29) is 11.4 Å². The lowest BCUT2D eigenvalue weighted by Crippen LogP contribution is -2.15. The van der Waals surface area contributed by atoms with Crippen LogP contribution >= 0.6 is 0 Å². The summed E-state index contributed by atoms with van der Waals surface area (Å²) in [5.74, 6) is -1.48. The number of fused-ring (bicyclic) bond motifs is 1. The molecule has 0 radical (unpaired) electrons. The average Bonchev–Trinajstić information content (AvgIpc) is 3.46. The van der Waals surface area contributed by atoms with Crippen LogP contribution in [0, 0.1) is 11.6 Å². The van der Waals surface area contributed by atoms with Crippen LogP contribution in [0.4, 0.5) is 8.78 Å². The number of benzene rings is 2. The maximum atomic E-state index is 13.8. The minimum absolute atomic E-state index is 0.0832. The normalized spacial score (nSPS) is 16.1. The molecule has 1 fully saturated rings. The van der Waals surface area contributed by atoms with E-state index in [9.17, 15) is 13.6 Å². The minimum atomic E-state index is -0.792. The Morgan fingerprint density at radius 3 is 2.68 bits per heavy atom. The van der Waals surface area contributed by atoms with Gasteiger partial charge in [0, 0.05) is 29.7 Å². The number of primary amides is 1. The van der Waals surface area contributed by atoms with Crippen LogP contribution in [0.25, 0.3) is 16.9 Å². The fraction of sp³-hybridized carbons (Fsp3) is 0.182. The number of carbonyl (C=O) groups is 1. The summed E-state index contributed by atoms with van der Waals surface area (Å²) < 4.78 is 33.9. The number of nitrogens with two attached hydrogens (primary N) is 1. The number of nitrogens with zero attached hydrogens (tertiary/aromatic N) is 2. The van der Waals surface area contributed by atoms with Crippen LogP contribution in [0.5, 0.6) is 11.5 Å². The highest BCUT2D eigenvalue weighted by Crippen LogP contribution is 2.32.